The topological polar surface area (TPSA) is 33.2 Å². The fourth-order valence-corrected chi connectivity index (χ4v) is 2.25. The van der Waals surface area contributed by atoms with Gasteiger partial charge in [0, 0.05) is 18.1 Å². The number of pyridine rings is 1. The molecule has 0 radical (unpaired) electrons. The predicted octanol–water partition coefficient (Wildman–Crippen LogP) is 3.98. The lowest BCUT2D eigenvalue weighted by molar-refractivity contribution is -0.116. The average molecular weight is 303 g/mol. The van der Waals surface area contributed by atoms with Gasteiger partial charge in [0.2, 0.25) is 5.91 Å². The minimum absolute atomic E-state index is 0.0307. The molecule has 0 unspecified atom stereocenters. The Morgan fingerprint density at radius 3 is 2.29 bits per heavy atom. The number of nitrogens with zero attached hydrogens (tertiary/aromatic N) is 2. The maximum Gasteiger partial charge on any atom is 0.242 e. The molecule has 0 aliphatic rings. The van der Waals surface area contributed by atoms with Crippen LogP contribution in [0, 0.1) is 0 Å². The van der Waals surface area contributed by atoms with Gasteiger partial charge in [0.25, 0.3) is 0 Å². The Bertz CT molecular complexity index is 581. The highest BCUT2D eigenvalue weighted by Gasteiger charge is 2.15. The number of halogens is 1. The average Bonchev–Trinajstić information content (AvgIpc) is 2.53. The summed E-state index contributed by atoms with van der Waals surface area (Å²) in [4.78, 5) is 17.8. The van der Waals surface area contributed by atoms with Crippen LogP contribution in [0.15, 0.2) is 48.8 Å². The smallest absolute Gasteiger partial charge is 0.242 e. The SMILES string of the molecule is CC(C)c1ccc(N(Cc2ccncc2)C(=O)CCl)cc1. The van der Waals surface area contributed by atoms with Crippen LogP contribution in [0.2, 0.25) is 0 Å². The molecule has 0 saturated carbocycles. The lowest BCUT2D eigenvalue weighted by Gasteiger charge is -2.22. The summed E-state index contributed by atoms with van der Waals surface area (Å²) in [5.74, 6) is 0.332. The second-order valence-electron chi connectivity index (χ2n) is 5.22. The summed E-state index contributed by atoms with van der Waals surface area (Å²) in [5, 5.41) is 0. The van der Waals surface area contributed by atoms with Crippen molar-refractivity contribution in [3.8, 4) is 0 Å². The van der Waals surface area contributed by atoms with Crippen molar-refractivity contribution < 1.29 is 4.79 Å². The molecule has 0 bridgehead atoms. The van der Waals surface area contributed by atoms with Crippen molar-refractivity contribution in [1.29, 1.82) is 0 Å². The molecule has 1 heterocycles. The van der Waals surface area contributed by atoms with E-state index in [1.807, 2.05) is 24.3 Å². The quantitative estimate of drug-likeness (QED) is 0.783. The molecule has 2 rings (SSSR count). The summed E-state index contributed by atoms with van der Waals surface area (Å²) in [7, 11) is 0. The number of amides is 1. The van der Waals surface area contributed by atoms with Crippen molar-refractivity contribution in [1.82, 2.24) is 4.98 Å². The molecule has 0 aliphatic carbocycles. The Kier molecular flexibility index (Phi) is 5.34. The van der Waals surface area contributed by atoms with Crippen molar-refractivity contribution in [3.63, 3.8) is 0 Å². The van der Waals surface area contributed by atoms with Gasteiger partial charge in [-0.15, -0.1) is 11.6 Å². The summed E-state index contributed by atoms with van der Waals surface area (Å²) in [6.07, 6.45) is 3.45. The second kappa shape index (κ2) is 7.23. The Morgan fingerprint density at radius 1 is 1.14 bits per heavy atom. The van der Waals surface area contributed by atoms with Crippen LogP contribution < -0.4 is 4.90 Å². The van der Waals surface area contributed by atoms with Gasteiger partial charge in [-0.2, -0.15) is 0 Å². The van der Waals surface area contributed by atoms with Crippen LogP contribution in [0.5, 0.6) is 0 Å². The molecule has 0 atom stereocenters. The van der Waals surface area contributed by atoms with E-state index in [1.165, 1.54) is 5.56 Å². The molecule has 3 nitrogen and oxygen atoms in total. The van der Waals surface area contributed by atoms with Crippen molar-refractivity contribution in [2.45, 2.75) is 26.3 Å². The van der Waals surface area contributed by atoms with E-state index in [-0.39, 0.29) is 11.8 Å². The molecule has 0 N–H and O–H groups in total. The molecule has 110 valence electrons. The van der Waals surface area contributed by atoms with Gasteiger partial charge < -0.3 is 4.90 Å². The molecule has 0 spiro atoms. The Hall–Kier alpha value is -1.87. The van der Waals surface area contributed by atoms with Crippen molar-refractivity contribution in [2.75, 3.05) is 10.8 Å². The lowest BCUT2D eigenvalue weighted by atomic mass is 10.0. The number of aromatic nitrogens is 1. The third kappa shape index (κ3) is 4.05. The number of hydrogen-bond acceptors (Lipinski definition) is 2. The summed E-state index contributed by atoms with van der Waals surface area (Å²) in [6.45, 7) is 4.79. The van der Waals surface area contributed by atoms with Gasteiger partial charge in [0.05, 0.1) is 6.54 Å². The molecule has 21 heavy (non-hydrogen) atoms. The van der Waals surface area contributed by atoms with E-state index in [2.05, 4.69) is 31.0 Å². The highest BCUT2D eigenvalue weighted by molar-refractivity contribution is 6.29. The van der Waals surface area contributed by atoms with E-state index < -0.39 is 0 Å². The molecular formula is C17H19ClN2O. The first-order valence-corrected chi connectivity index (χ1v) is 7.50. The summed E-state index contributed by atoms with van der Waals surface area (Å²) in [6, 6.07) is 11.9. The fourth-order valence-electron chi connectivity index (χ4n) is 2.11. The first-order valence-electron chi connectivity index (χ1n) is 6.97. The molecule has 0 aliphatic heterocycles. The van der Waals surface area contributed by atoms with E-state index in [4.69, 9.17) is 11.6 Å². The zero-order valence-electron chi connectivity index (χ0n) is 12.3. The van der Waals surface area contributed by atoms with E-state index in [9.17, 15) is 4.79 Å². The van der Waals surface area contributed by atoms with E-state index >= 15 is 0 Å². The van der Waals surface area contributed by atoms with Crippen LogP contribution in [0.3, 0.4) is 0 Å². The minimum Gasteiger partial charge on any atom is -0.307 e. The number of carbonyl (C=O) groups is 1. The third-order valence-electron chi connectivity index (χ3n) is 3.38. The van der Waals surface area contributed by atoms with Crippen LogP contribution in [-0.4, -0.2) is 16.8 Å². The van der Waals surface area contributed by atoms with Gasteiger partial charge in [0.15, 0.2) is 0 Å². The number of hydrogen-bond donors (Lipinski definition) is 0. The third-order valence-corrected chi connectivity index (χ3v) is 3.61. The largest absolute Gasteiger partial charge is 0.307 e. The van der Waals surface area contributed by atoms with E-state index in [0.29, 0.717) is 12.5 Å². The first-order chi connectivity index (χ1) is 10.1. The summed E-state index contributed by atoms with van der Waals surface area (Å²) < 4.78 is 0. The predicted molar refractivity (Wildman–Crippen MR) is 86.7 cm³/mol. The van der Waals surface area contributed by atoms with E-state index in [0.717, 1.165) is 11.3 Å². The van der Waals surface area contributed by atoms with Gasteiger partial charge in [-0.05, 0) is 41.3 Å². The normalized spacial score (nSPS) is 10.7. The van der Waals surface area contributed by atoms with Crippen LogP contribution in [-0.2, 0) is 11.3 Å². The van der Waals surface area contributed by atoms with E-state index in [1.54, 1.807) is 17.3 Å². The number of carbonyl (C=O) groups excluding carboxylic acids is 1. The zero-order valence-corrected chi connectivity index (χ0v) is 13.0. The number of alkyl halides is 1. The monoisotopic (exact) mass is 302 g/mol. The number of benzene rings is 1. The number of anilines is 1. The lowest BCUT2D eigenvalue weighted by Crippen LogP contribution is -2.31. The molecule has 1 aromatic carbocycles. The minimum atomic E-state index is -0.106. The van der Waals surface area contributed by atoms with Crippen molar-refractivity contribution in [3.05, 3.63) is 59.9 Å². The summed E-state index contributed by atoms with van der Waals surface area (Å²) >= 11 is 5.74. The number of rotatable bonds is 5. The van der Waals surface area contributed by atoms with Crippen molar-refractivity contribution in [2.24, 2.45) is 0 Å². The second-order valence-corrected chi connectivity index (χ2v) is 5.48. The van der Waals surface area contributed by atoms with Gasteiger partial charge in [-0.25, -0.2) is 0 Å². The Morgan fingerprint density at radius 2 is 1.76 bits per heavy atom. The van der Waals surface area contributed by atoms with Gasteiger partial charge in [-0.3, -0.25) is 9.78 Å². The van der Waals surface area contributed by atoms with Gasteiger partial charge >= 0.3 is 0 Å². The molecule has 1 amide bonds. The van der Waals surface area contributed by atoms with Crippen LogP contribution >= 0.6 is 11.6 Å². The molecule has 4 heteroatoms. The molecule has 0 fully saturated rings. The highest BCUT2D eigenvalue weighted by Crippen LogP contribution is 2.22. The molecule has 0 saturated heterocycles. The van der Waals surface area contributed by atoms with Crippen LogP contribution in [0.4, 0.5) is 5.69 Å². The van der Waals surface area contributed by atoms with Gasteiger partial charge in [0.1, 0.15) is 5.88 Å². The maximum absolute atomic E-state index is 12.1. The van der Waals surface area contributed by atoms with Crippen molar-refractivity contribution >= 4 is 23.2 Å². The maximum atomic E-state index is 12.1. The molecule has 2 aromatic rings. The Balaban J connectivity index is 2.25. The summed E-state index contributed by atoms with van der Waals surface area (Å²) in [5.41, 5.74) is 3.14. The molecular weight excluding hydrogens is 284 g/mol. The fraction of sp³-hybridized carbons (Fsp3) is 0.294. The molecule has 1 aromatic heterocycles. The van der Waals surface area contributed by atoms with Crippen LogP contribution in [0.1, 0.15) is 30.9 Å². The van der Waals surface area contributed by atoms with Gasteiger partial charge in [-0.1, -0.05) is 26.0 Å². The Labute approximate surface area is 130 Å². The first kappa shape index (κ1) is 15.5. The van der Waals surface area contributed by atoms with Crippen LogP contribution in [0.25, 0.3) is 0 Å². The standard InChI is InChI=1S/C17H19ClN2O/c1-13(2)15-3-5-16(6-4-15)20(17(21)11-18)12-14-7-9-19-10-8-14/h3-10,13H,11-12H2,1-2H3. The zero-order chi connectivity index (χ0) is 15.2. The highest BCUT2D eigenvalue weighted by atomic mass is 35.5.